The summed E-state index contributed by atoms with van der Waals surface area (Å²) in [7, 11) is 0. The van der Waals surface area contributed by atoms with Crippen molar-refractivity contribution in [2.75, 3.05) is 37.8 Å². The highest BCUT2D eigenvalue weighted by molar-refractivity contribution is 7.99. The summed E-state index contributed by atoms with van der Waals surface area (Å²) in [6.07, 6.45) is -4.37. The molecule has 1 N–H and O–H groups in total. The zero-order chi connectivity index (χ0) is 28.7. The molecule has 0 heterocycles. The maximum Gasteiger partial charge on any atom is 0.573 e. The first-order valence-corrected chi connectivity index (χ1v) is 13.7. The van der Waals surface area contributed by atoms with Crippen LogP contribution in [0.2, 0.25) is 0 Å². The quantitative estimate of drug-likeness (QED) is 0.229. The van der Waals surface area contributed by atoms with Crippen molar-refractivity contribution in [1.82, 2.24) is 4.90 Å². The van der Waals surface area contributed by atoms with E-state index in [-0.39, 0.29) is 25.3 Å². The summed E-state index contributed by atoms with van der Waals surface area (Å²) in [6.45, 7) is 4.94. The van der Waals surface area contributed by atoms with Gasteiger partial charge in [-0.15, -0.1) is 13.2 Å². The van der Waals surface area contributed by atoms with Gasteiger partial charge in [-0.3, -0.25) is 0 Å². The summed E-state index contributed by atoms with van der Waals surface area (Å²) in [4.78, 5) is 25.6. The number of benzene rings is 2. The Kier molecular flexibility index (Phi) is 13.8. The van der Waals surface area contributed by atoms with E-state index in [2.05, 4.69) is 11.7 Å². The Morgan fingerprint density at radius 2 is 1.59 bits per heavy atom. The van der Waals surface area contributed by atoms with Crippen LogP contribution in [-0.4, -0.2) is 72.3 Å². The number of hydrogen-bond acceptors (Lipinski definition) is 7. The standard InChI is InChI=1S/C27H34F3NO7S/c1-3-17-39-18-5-14-31(26(34)37-22-10-12-23(13-11-22)38-27(28,29)30)15-16-36-21-8-6-20(7-9-21)19-24(25(32)33)35-4-2/h6-13,24H,3-5,14-19H2,1-2H3,(H,32,33). The molecular weight excluding hydrogens is 539 g/mol. The molecule has 0 aliphatic carbocycles. The molecule has 1 unspecified atom stereocenters. The minimum atomic E-state index is -4.81. The first kappa shape index (κ1) is 32.1. The molecule has 0 bridgehead atoms. The van der Waals surface area contributed by atoms with Crippen molar-refractivity contribution in [2.24, 2.45) is 0 Å². The summed E-state index contributed by atoms with van der Waals surface area (Å²) in [5.41, 5.74) is 0.782. The maximum atomic E-state index is 12.8. The van der Waals surface area contributed by atoms with Crippen LogP contribution in [0.1, 0.15) is 32.3 Å². The number of rotatable bonds is 17. The fraction of sp³-hybridized carbons (Fsp3) is 0.481. The molecule has 0 fully saturated rings. The molecule has 0 saturated heterocycles. The first-order chi connectivity index (χ1) is 18.6. The van der Waals surface area contributed by atoms with Crippen LogP contribution in [0.3, 0.4) is 0 Å². The Labute approximate surface area is 230 Å². The Balaban J connectivity index is 1.93. The molecule has 0 aliphatic heterocycles. The Morgan fingerprint density at radius 3 is 2.18 bits per heavy atom. The number of carboxylic acid groups (broad SMARTS) is 1. The average Bonchev–Trinajstić information content (AvgIpc) is 2.88. The molecule has 0 saturated carbocycles. The van der Waals surface area contributed by atoms with E-state index in [9.17, 15) is 27.9 Å². The van der Waals surface area contributed by atoms with E-state index in [0.29, 0.717) is 18.9 Å². The molecule has 0 spiro atoms. The maximum absolute atomic E-state index is 12.8. The van der Waals surface area contributed by atoms with Crippen LogP contribution >= 0.6 is 11.8 Å². The number of carbonyl (C=O) groups is 2. The second-order valence-corrected chi connectivity index (χ2v) is 9.54. The van der Waals surface area contributed by atoms with Crippen molar-refractivity contribution < 1.29 is 46.8 Å². The predicted molar refractivity (Wildman–Crippen MR) is 142 cm³/mol. The third-order valence-electron chi connectivity index (χ3n) is 5.20. The Hall–Kier alpha value is -3.12. The molecule has 2 aromatic carbocycles. The largest absolute Gasteiger partial charge is 0.573 e. The lowest BCUT2D eigenvalue weighted by molar-refractivity contribution is -0.274. The van der Waals surface area contributed by atoms with Crippen LogP contribution in [0.4, 0.5) is 18.0 Å². The zero-order valence-corrected chi connectivity index (χ0v) is 22.8. The summed E-state index contributed by atoms with van der Waals surface area (Å²) in [5, 5.41) is 9.24. The fourth-order valence-corrected chi connectivity index (χ4v) is 4.23. The molecule has 216 valence electrons. The highest BCUT2D eigenvalue weighted by Gasteiger charge is 2.31. The predicted octanol–water partition coefficient (Wildman–Crippen LogP) is 6.03. The van der Waals surface area contributed by atoms with Crippen molar-refractivity contribution in [3.05, 3.63) is 54.1 Å². The lowest BCUT2D eigenvalue weighted by Gasteiger charge is -2.22. The van der Waals surface area contributed by atoms with Crippen molar-refractivity contribution >= 4 is 23.8 Å². The number of alkyl halides is 3. The number of thioether (sulfide) groups is 1. The normalized spacial score (nSPS) is 12.0. The molecule has 0 aromatic heterocycles. The van der Waals surface area contributed by atoms with Gasteiger partial charge in [0.15, 0.2) is 6.10 Å². The minimum Gasteiger partial charge on any atom is -0.492 e. The second kappa shape index (κ2) is 16.8. The van der Waals surface area contributed by atoms with Gasteiger partial charge < -0.3 is 29.0 Å². The van der Waals surface area contributed by atoms with Crippen LogP contribution in [0, 0.1) is 0 Å². The van der Waals surface area contributed by atoms with Gasteiger partial charge in [0, 0.05) is 19.6 Å². The van der Waals surface area contributed by atoms with E-state index in [1.54, 1.807) is 43.0 Å². The number of hydrogen-bond donors (Lipinski definition) is 1. The van der Waals surface area contributed by atoms with Gasteiger partial charge in [-0.25, -0.2) is 9.59 Å². The van der Waals surface area contributed by atoms with Crippen molar-refractivity contribution in [2.45, 2.75) is 45.6 Å². The van der Waals surface area contributed by atoms with Crippen LogP contribution < -0.4 is 14.2 Å². The molecule has 2 aromatic rings. The summed E-state index contributed by atoms with van der Waals surface area (Å²) < 4.78 is 57.3. The molecule has 1 atom stereocenters. The Morgan fingerprint density at radius 1 is 0.949 bits per heavy atom. The van der Waals surface area contributed by atoms with Crippen molar-refractivity contribution in [1.29, 1.82) is 0 Å². The third-order valence-corrected chi connectivity index (χ3v) is 6.48. The number of carboxylic acids is 1. The number of ether oxygens (including phenoxy) is 4. The molecule has 0 aliphatic rings. The van der Waals surface area contributed by atoms with E-state index in [1.807, 2.05) is 0 Å². The summed E-state index contributed by atoms with van der Waals surface area (Å²) in [6, 6.07) is 11.5. The van der Waals surface area contributed by atoms with E-state index >= 15 is 0 Å². The minimum absolute atomic E-state index is 0.0862. The summed E-state index contributed by atoms with van der Waals surface area (Å²) in [5.74, 6) is 1.08. The molecule has 12 heteroatoms. The van der Waals surface area contributed by atoms with Crippen molar-refractivity contribution in [3.8, 4) is 17.2 Å². The molecular formula is C27H34F3NO7S. The van der Waals surface area contributed by atoms with Gasteiger partial charge in [-0.1, -0.05) is 19.1 Å². The Bertz CT molecular complexity index is 1000. The molecule has 1 amide bonds. The smallest absolute Gasteiger partial charge is 0.492 e. The van der Waals surface area contributed by atoms with E-state index < -0.39 is 30.3 Å². The van der Waals surface area contributed by atoms with Gasteiger partial charge in [0.05, 0.1) is 6.54 Å². The van der Waals surface area contributed by atoms with Crippen LogP contribution in [0.5, 0.6) is 17.2 Å². The fourth-order valence-electron chi connectivity index (χ4n) is 3.40. The zero-order valence-electron chi connectivity index (χ0n) is 21.9. The number of halogens is 3. The first-order valence-electron chi connectivity index (χ1n) is 12.6. The number of carbonyl (C=O) groups excluding carboxylic acids is 1. The van der Waals surface area contributed by atoms with E-state index in [0.717, 1.165) is 42.0 Å². The molecule has 8 nitrogen and oxygen atoms in total. The summed E-state index contributed by atoms with van der Waals surface area (Å²) >= 11 is 1.79. The second-order valence-electron chi connectivity index (χ2n) is 8.32. The van der Waals surface area contributed by atoms with Crippen LogP contribution in [-0.2, 0) is 16.0 Å². The number of amides is 1. The molecule has 0 radical (unpaired) electrons. The highest BCUT2D eigenvalue weighted by Crippen LogP contribution is 2.25. The number of nitrogens with zero attached hydrogens (tertiary/aromatic N) is 1. The van der Waals surface area contributed by atoms with Gasteiger partial charge >= 0.3 is 18.4 Å². The van der Waals surface area contributed by atoms with Gasteiger partial charge in [0.2, 0.25) is 0 Å². The van der Waals surface area contributed by atoms with Gasteiger partial charge in [-0.05, 0) is 73.2 Å². The van der Waals surface area contributed by atoms with Gasteiger partial charge in [-0.2, -0.15) is 11.8 Å². The third kappa shape index (κ3) is 13.0. The van der Waals surface area contributed by atoms with Gasteiger partial charge in [0.25, 0.3) is 0 Å². The van der Waals surface area contributed by atoms with Gasteiger partial charge in [0.1, 0.15) is 23.9 Å². The topological polar surface area (TPSA) is 94.5 Å². The highest BCUT2D eigenvalue weighted by atomic mass is 32.2. The van der Waals surface area contributed by atoms with Crippen molar-refractivity contribution in [3.63, 3.8) is 0 Å². The molecule has 2 rings (SSSR count). The lowest BCUT2D eigenvalue weighted by atomic mass is 10.1. The molecule has 39 heavy (non-hydrogen) atoms. The van der Waals surface area contributed by atoms with Crippen LogP contribution in [0.15, 0.2) is 48.5 Å². The number of aliphatic carboxylic acids is 1. The van der Waals surface area contributed by atoms with E-state index in [4.69, 9.17) is 14.2 Å². The average molecular weight is 574 g/mol. The monoisotopic (exact) mass is 573 g/mol. The lowest BCUT2D eigenvalue weighted by Crippen LogP contribution is -2.37. The van der Waals surface area contributed by atoms with E-state index in [1.165, 1.54) is 17.0 Å². The van der Waals surface area contributed by atoms with Crippen LogP contribution in [0.25, 0.3) is 0 Å². The SMILES string of the molecule is CCCSCCCN(CCOc1ccc(CC(OCC)C(=O)O)cc1)C(=O)Oc1ccc(OC(F)(F)F)cc1.